The van der Waals surface area contributed by atoms with Crippen LogP contribution in [-0.4, -0.2) is 33.2 Å². The fourth-order valence-corrected chi connectivity index (χ4v) is 1.88. The molecule has 0 aliphatic carbocycles. The molecule has 0 radical (unpaired) electrons. The van der Waals surface area contributed by atoms with Gasteiger partial charge >= 0.3 is 5.97 Å². The van der Waals surface area contributed by atoms with Gasteiger partial charge in [-0.05, 0) is 13.0 Å². The molecule has 120 valence electrons. The zero-order chi connectivity index (χ0) is 17.0. The second-order valence-electron chi connectivity index (χ2n) is 4.73. The predicted molar refractivity (Wildman–Crippen MR) is 80.0 cm³/mol. The first-order valence-corrected chi connectivity index (χ1v) is 6.58. The summed E-state index contributed by atoms with van der Waals surface area (Å²) < 4.78 is 6.29. The number of amides is 1. The zero-order valence-electron chi connectivity index (χ0n) is 12.5. The van der Waals surface area contributed by atoms with Gasteiger partial charge in [-0.25, -0.2) is 4.79 Å². The maximum atomic E-state index is 11.8. The number of aryl methyl sites for hydroxylation is 1. The quantitative estimate of drug-likeness (QED) is 0.506. The molecule has 0 saturated carbocycles. The Balaban J connectivity index is 1.96. The summed E-state index contributed by atoms with van der Waals surface area (Å²) in [6.45, 7) is 1.02. The third-order valence-electron chi connectivity index (χ3n) is 3.05. The highest BCUT2D eigenvalue weighted by atomic mass is 16.6. The van der Waals surface area contributed by atoms with Crippen LogP contribution in [0.5, 0.6) is 0 Å². The van der Waals surface area contributed by atoms with E-state index in [0.717, 1.165) is 0 Å². The minimum absolute atomic E-state index is 0.102. The van der Waals surface area contributed by atoms with Crippen molar-refractivity contribution in [2.24, 2.45) is 7.05 Å². The van der Waals surface area contributed by atoms with Gasteiger partial charge in [0.25, 0.3) is 11.6 Å². The average Bonchev–Trinajstić information content (AvgIpc) is 2.93. The minimum atomic E-state index is -0.677. The van der Waals surface area contributed by atoms with Crippen LogP contribution in [0.4, 0.5) is 11.4 Å². The van der Waals surface area contributed by atoms with Crippen LogP contribution in [0.2, 0.25) is 0 Å². The van der Waals surface area contributed by atoms with Gasteiger partial charge in [0.1, 0.15) is 0 Å². The Morgan fingerprint density at radius 1 is 1.43 bits per heavy atom. The summed E-state index contributed by atoms with van der Waals surface area (Å²) in [7, 11) is 1.65. The fourth-order valence-electron chi connectivity index (χ4n) is 1.88. The Morgan fingerprint density at radius 2 is 2.17 bits per heavy atom. The molecular formula is C14H14N4O5. The molecule has 1 amide bonds. The van der Waals surface area contributed by atoms with E-state index in [0.29, 0.717) is 11.3 Å². The number of hydrogen-bond acceptors (Lipinski definition) is 6. The van der Waals surface area contributed by atoms with Gasteiger partial charge in [0, 0.05) is 19.3 Å². The fraction of sp³-hybridized carbons (Fsp3) is 0.214. The van der Waals surface area contributed by atoms with E-state index in [1.807, 2.05) is 0 Å². The van der Waals surface area contributed by atoms with Crippen molar-refractivity contribution in [2.45, 2.75) is 6.92 Å². The van der Waals surface area contributed by atoms with Crippen LogP contribution < -0.4 is 5.32 Å². The molecule has 0 saturated heterocycles. The monoisotopic (exact) mass is 318 g/mol. The van der Waals surface area contributed by atoms with Gasteiger partial charge in [-0.15, -0.1) is 0 Å². The number of anilines is 1. The second kappa shape index (κ2) is 6.69. The van der Waals surface area contributed by atoms with Crippen LogP contribution in [0.15, 0.2) is 30.6 Å². The number of hydrogen-bond donors (Lipinski definition) is 1. The zero-order valence-corrected chi connectivity index (χ0v) is 12.5. The Morgan fingerprint density at radius 3 is 2.78 bits per heavy atom. The van der Waals surface area contributed by atoms with Crippen LogP contribution in [0, 0.1) is 17.0 Å². The highest BCUT2D eigenvalue weighted by Gasteiger charge is 2.16. The van der Waals surface area contributed by atoms with Crippen molar-refractivity contribution in [1.82, 2.24) is 9.78 Å². The van der Waals surface area contributed by atoms with Gasteiger partial charge in [-0.3, -0.25) is 19.6 Å². The number of aromatic nitrogens is 2. The molecule has 0 atom stereocenters. The summed E-state index contributed by atoms with van der Waals surface area (Å²) in [6, 6.07) is 4.33. The lowest BCUT2D eigenvalue weighted by Gasteiger charge is -2.08. The van der Waals surface area contributed by atoms with Crippen molar-refractivity contribution < 1.29 is 19.2 Å². The molecule has 0 aliphatic rings. The summed E-state index contributed by atoms with van der Waals surface area (Å²) in [4.78, 5) is 33.8. The summed E-state index contributed by atoms with van der Waals surface area (Å²) in [5.41, 5.74) is 0.744. The summed E-state index contributed by atoms with van der Waals surface area (Å²) >= 11 is 0. The van der Waals surface area contributed by atoms with Crippen molar-refractivity contribution in [3.63, 3.8) is 0 Å². The maximum absolute atomic E-state index is 11.8. The third kappa shape index (κ3) is 3.90. The third-order valence-corrected chi connectivity index (χ3v) is 3.05. The first kappa shape index (κ1) is 16.1. The van der Waals surface area contributed by atoms with Crippen molar-refractivity contribution in [3.05, 3.63) is 51.8 Å². The summed E-state index contributed by atoms with van der Waals surface area (Å²) in [6.07, 6.45) is 2.79. The van der Waals surface area contributed by atoms with E-state index in [1.165, 1.54) is 42.2 Å². The van der Waals surface area contributed by atoms with E-state index in [9.17, 15) is 19.7 Å². The largest absolute Gasteiger partial charge is 0.452 e. The molecule has 1 aromatic carbocycles. The van der Waals surface area contributed by atoms with Crippen molar-refractivity contribution in [3.8, 4) is 0 Å². The molecule has 0 aliphatic heterocycles. The Labute approximate surface area is 131 Å². The van der Waals surface area contributed by atoms with Crippen LogP contribution in [0.25, 0.3) is 0 Å². The number of nitrogens with zero attached hydrogens (tertiary/aromatic N) is 3. The molecule has 0 bridgehead atoms. The highest BCUT2D eigenvalue weighted by molar-refractivity contribution is 5.96. The normalized spacial score (nSPS) is 10.2. The van der Waals surface area contributed by atoms with E-state index in [-0.39, 0.29) is 11.3 Å². The van der Waals surface area contributed by atoms with Crippen LogP contribution in [0.3, 0.4) is 0 Å². The molecule has 1 N–H and O–H groups in total. The second-order valence-corrected chi connectivity index (χ2v) is 4.73. The number of rotatable bonds is 5. The van der Waals surface area contributed by atoms with Gasteiger partial charge in [0.2, 0.25) is 0 Å². The van der Waals surface area contributed by atoms with E-state index in [2.05, 4.69) is 10.4 Å². The van der Waals surface area contributed by atoms with Gasteiger partial charge in [-0.1, -0.05) is 6.07 Å². The highest BCUT2D eigenvalue weighted by Crippen LogP contribution is 2.24. The number of esters is 1. The van der Waals surface area contributed by atoms with Gasteiger partial charge in [0.05, 0.1) is 27.9 Å². The van der Waals surface area contributed by atoms with Gasteiger partial charge in [-0.2, -0.15) is 5.10 Å². The van der Waals surface area contributed by atoms with Crippen LogP contribution in [0.1, 0.15) is 15.9 Å². The summed E-state index contributed by atoms with van der Waals surface area (Å²) in [5, 5.41) is 17.1. The molecule has 1 aromatic heterocycles. The number of nitro groups is 1. The molecule has 0 unspecified atom stereocenters. The topological polar surface area (TPSA) is 116 Å². The smallest absolute Gasteiger partial charge is 0.341 e. The Kier molecular flexibility index (Phi) is 4.69. The van der Waals surface area contributed by atoms with Crippen molar-refractivity contribution >= 4 is 23.3 Å². The lowest BCUT2D eigenvalue weighted by Crippen LogP contribution is -2.21. The first-order chi connectivity index (χ1) is 10.9. The molecule has 1 heterocycles. The van der Waals surface area contributed by atoms with Crippen molar-refractivity contribution in [2.75, 3.05) is 11.9 Å². The number of carbonyl (C=O) groups is 2. The Hall–Kier alpha value is -3.23. The lowest BCUT2D eigenvalue weighted by molar-refractivity contribution is -0.385. The average molecular weight is 318 g/mol. The molecule has 2 rings (SSSR count). The molecule has 9 nitrogen and oxygen atoms in total. The van der Waals surface area contributed by atoms with E-state index < -0.39 is 23.4 Å². The van der Waals surface area contributed by atoms with Gasteiger partial charge < -0.3 is 10.1 Å². The molecule has 23 heavy (non-hydrogen) atoms. The minimum Gasteiger partial charge on any atom is -0.452 e. The van der Waals surface area contributed by atoms with E-state index >= 15 is 0 Å². The number of ether oxygens (including phenoxy) is 1. The van der Waals surface area contributed by atoms with Crippen molar-refractivity contribution in [1.29, 1.82) is 0 Å². The number of nitro benzene ring substituents is 1. The Bertz CT molecular complexity index is 768. The molecule has 0 spiro atoms. The number of carbonyl (C=O) groups excluding carboxylic acids is 2. The van der Waals surface area contributed by atoms with E-state index in [4.69, 9.17) is 4.74 Å². The number of nitrogens with one attached hydrogen (secondary N) is 1. The molecule has 2 aromatic rings. The first-order valence-electron chi connectivity index (χ1n) is 6.58. The molecule has 0 fully saturated rings. The van der Waals surface area contributed by atoms with E-state index in [1.54, 1.807) is 7.05 Å². The maximum Gasteiger partial charge on any atom is 0.341 e. The van der Waals surface area contributed by atoms with Crippen LogP contribution in [-0.2, 0) is 16.6 Å². The van der Waals surface area contributed by atoms with Gasteiger partial charge in [0.15, 0.2) is 6.61 Å². The number of benzene rings is 1. The lowest BCUT2D eigenvalue weighted by atomic mass is 10.1. The predicted octanol–water partition coefficient (Wildman–Crippen LogP) is 1.43. The molecular weight excluding hydrogens is 304 g/mol. The molecule has 9 heteroatoms. The van der Waals surface area contributed by atoms with Crippen LogP contribution >= 0.6 is 0 Å². The SMILES string of the molecule is Cc1c(NC(=O)COC(=O)c2cnn(C)c2)cccc1[N+](=O)[O-]. The summed E-state index contributed by atoms with van der Waals surface area (Å²) in [5.74, 6) is -1.27. The standard InChI is InChI=1S/C14H14N4O5/c1-9-11(4-3-5-12(9)18(21)22)16-13(19)8-23-14(20)10-6-15-17(2)7-10/h3-7H,8H2,1-2H3,(H,16,19).